The van der Waals surface area contributed by atoms with Crippen molar-refractivity contribution in [1.82, 2.24) is 0 Å². The molecule has 39 heavy (non-hydrogen) atoms. The van der Waals surface area contributed by atoms with Gasteiger partial charge in [-0.1, -0.05) is 55.2 Å². The minimum Gasteiger partial charge on any atom is -0.208 e. The first-order chi connectivity index (χ1) is 19.0. The van der Waals surface area contributed by atoms with E-state index in [0.717, 1.165) is 12.2 Å². The van der Waals surface area contributed by atoms with Crippen molar-refractivity contribution in [2.24, 2.45) is 7.05 Å². The summed E-state index contributed by atoms with van der Waals surface area (Å²) in [5.74, 6) is 0. The van der Waals surface area contributed by atoms with Gasteiger partial charge < -0.3 is 0 Å². The summed E-state index contributed by atoms with van der Waals surface area (Å²) in [6.07, 6.45) is 13.8. The Morgan fingerprint density at radius 1 is 0.538 bits per heavy atom. The molecule has 0 fully saturated rings. The lowest BCUT2D eigenvalue weighted by molar-refractivity contribution is -0.698. The van der Waals surface area contributed by atoms with E-state index in [0.29, 0.717) is 0 Å². The van der Waals surface area contributed by atoms with E-state index in [9.17, 15) is 0 Å². The standard InChI is InChI=1S/C36H40N3/c1-5-6-7-8-21-38-24-19-34(20-25-38)39-35(31-13-9-28(2)10-14-31)26-33(30-17-22-37(4)23-18-30)27-36(39)32-15-11-29(3)12-16-32/h9-20,22-27H,5-8,21H2,1-4H3/q+3. The molecule has 0 atom stereocenters. The number of aromatic nitrogens is 3. The summed E-state index contributed by atoms with van der Waals surface area (Å²) in [5.41, 5.74) is 10.9. The summed E-state index contributed by atoms with van der Waals surface area (Å²) in [4.78, 5) is 0. The van der Waals surface area contributed by atoms with Gasteiger partial charge in [0.15, 0.2) is 24.8 Å². The maximum Gasteiger partial charge on any atom is 0.223 e. The number of unbranched alkanes of at least 4 members (excludes halogenated alkanes) is 3. The second-order valence-corrected chi connectivity index (χ2v) is 10.7. The molecule has 0 radical (unpaired) electrons. The van der Waals surface area contributed by atoms with E-state index >= 15 is 0 Å². The van der Waals surface area contributed by atoms with Crippen molar-refractivity contribution in [1.29, 1.82) is 0 Å². The van der Waals surface area contributed by atoms with Gasteiger partial charge >= 0.3 is 0 Å². The van der Waals surface area contributed by atoms with E-state index in [-0.39, 0.29) is 0 Å². The van der Waals surface area contributed by atoms with Crippen LogP contribution in [0.15, 0.2) is 110 Å². The quantitative estimate of drug-likeness (QED) is 0.145. The van der Waals surface area contributed by atoms with Crippen molar-refractivity contribution < 1.29 is 13.7 Å². The first kappa shape index (κ1) is 26.5. The van der Waals surface area contributed by atoms with Crippen LogP contribution in [0, 0.1) is 13.8 Å². The topological polar surface area (TPSA) is 11.6 Å². The Morgan fingerprint density at radius 3 is 1.59 bits per heavy atom. The van der Waals surface area contributed by atoms with Crippen LogP contribution in [0.3, 0.4) is 0 Å². The molecule has 0 unspecified atom stereocenters. The van der Waals surface area contributed by atoms with Crippen molar-refractivity contribution in [3.8, 4) is 39.3 Å². The Balaban J connectivity index is 1.70. The third kappa shape index (κ3) is 6.31. The van der Waals surface area contributed by atoms with Crippen LogP contribution in [-0.2, 0) is 13.6 Å². The molecule has 0 aliphatic heterocycles. The molecule has 0 saturated heterocycles. The Labute approximate surface area is 233 Å². The van der Waals surface area contributed by atoms with Crippen molar-refractivity contribution >= 4 is 0 Å². The lowest BCUT2D eigenvalue weighted by atomic mass is 9.98. The van der Waals surface area contributed by atoms with Crippen LogP contribution in [0.1, 0.15) is 43.7 Å². The Hall–Kier alpha value is -4.11. The number of aryl methyl sites for hydroxylation is 4. The summed E-state index contributed by atoms with van der Waals surface area (Å²) in [5, 5.41) is 0. The van der Waals surface area contributed by atoms with Crippen molar-refractivity contribution in [2.75, 3.05) is 0 Å². The van der Waals surface area contributed by atoms with Gasteiger partial charge in [0.05, 0.1) is 12.1 Å². The SMILES string of the molecule is CCCCCC[n+]1ccc(-[n+]2c(-c3ccc(C)cc3)cc(-c3cc[n+](C)cc3)cc2-c2ccc(C)cc2)cc1. The summed E-state index contributed by atoms with van der Waals surface area (Å²) in [6.45, 7) is 7.61. The lowest BCUT2D eigenvalue weighted by Crippen LogP contribution is -2.39. The Bertz CT molecular complexity index is 1450. The highest BCUT2D eigenvalue weighted by atomic mass is 15.0. The molecular formula is C36H40N3+3. The molecule has 3 nitrogen and oxygen atoms in total. The van der Waals surface area contributed by atoms with Crippen LogP contribution in [-0.4, -0.2) is 0 Å². The van der Waals surface area contributed by atoms with Gasteiger partial charge in [-0.15, -0.1) is 0 Å². The third-order valence-electron chi connectivity index (χ3n) is 7.47. The van der Waals surface area contributed by atoms with E-state index in [1.165, 1.54) is 70.5 Å². The highest BCUT2D eigenvalue weighted by Gasteiger charge is 2.26. The van der Waals surface area contributed by atoms with Crippen molar-refractivity contribution in [3.63, 3.8) is 0 Å². The number of rotatable bonds is 9. The predicted molar refractivity (Wildman–Crippen MR) is 159 cm³/mol. The van der Waals surface area contributed by atoms with Gasteiger partial charge in [0.2, 0.25) is 17.1 Å². The van der Waals surface area contributed by atoms with E-state index < -0.39 is 0 Å². The third-order valence-corrected chi connectivity index (χ3v) is 7.47. The second-order valence-electron chi connectivity index (χ2n) is 10.7. The van der Waals surface area contributed by atoms with Crippen LogP contribution in [0.4, 0.5) is 0 Å². The zero-order valence-electron chi connectivity index (χ0n) is 23.8. The van der Waals surface area contributed by atoms with Crippen LogP contribution in [0.25, 0.3) is 39.3 Å². The van der Waals surface area contributed by atoms with Gasteiger partial charge in [0.25, 0.3) is 0 Å². The molecule has 196 valence electrons. The minimum atomic E-state index is 1.06. The first-order valence-electron chi connectivity index (χ1n) is 14.2. The van der Waals surface area contributed by atoms with Gasteiger partial charge in [-0.05, 0) is 55.7 Å². The molecule has 5 aromatic rings. The zero-order valence-corrected chi connectivity index (χ0v) is 23.8. The van der Waals surface area contributed by atoms with Gasteiger partial charge in [-0.2, -0.15) is 4.57 Å². The second kappa shape index (κ2) is 12.2. The molecule has 3 heterocycles. The molecule has 0 saturated carbocycles. The predicted octanol–water partition coefficient (Wildman–Crippen LogP) is 7.27. The maximum atomic E-state index is 2.42. The van der Waals surface area contributed by atoms with Gasteiger partial charge in [-0.25, -0.2) is 9.13 Å². The molecule has 0 aliphatic carbocycles. The largest absolute Gasteiger partial charge is 0.223 e. The fourth-order valence-electron chi connectivity index (χ4n) is 5.08. The summed E-state index contributed by atoms with van der Waals surface area (Å²) >= 11 is 0. The van der Waals surface area contributed by atoms with Crippen LogP contribution < -0.4 is 13.7 Å². The average Bonchev–Trinajstić information content (AvgIpc) is 2.96. The van der Waals surface area contributed by atoms with E-state index in [1.807, 2.05) is 0 Å². The molecular weight excluding hydrogens is 474 g/mol. The summed E-state index contributed by atoms with van der Waals surface area (Å²) in [6, 6.07) is 31.4. The Kier molecular flexibility index (Phi) is 8.27. The molecule has 0 N–H and O–H groups in total. The molecule has 0 aliphatic rings. The maximum absolute atomic E-state index is 2.42. The molecule has 3 heteroatoms. The highest BCUT2D eigenvalue weighted by molar-refractivity contribution is 5.74. The number of nitrogens with zero attached hydrogens (tertiary/aromatic N) is 3. The van der Waals surface area contributed by atoms with Gasteiger partial charge in [0.1, 0.15) is 13.6 Å². The molecule has 0 bridgehead atoms. The minimum absolute atomic E-state index is 1.06. The number of pyridine rings is 3. The fourth-order valence-corrected chi connectivity index (χ4v) is 5.08. The summed E-state index contributed by atoms with van der Waals surface area (Å²) < 4.78 is 6.81. The van der Waals surface area contributed by atoms with Crippen LogP contribution >= 0.6 is 0 Å². The number of hydrogen-bond acceptors (Lipinski definition) is 0. The van der Waals surface area contributed by atoms with Crippen molar-refractivity contribution in [2.45, 2.75) is 53.0 Å². The zero-order chi connectivity index (χ0) is 27.2. The smallest absolute Gasteiger partial charge is 0.208 e. The number of hydrogen-bond donors (Lipinski definition) is 0. The molecule has 0 spiro atoms. The molecule has 2 aromatic carbocycles. The fraction of sp³-hybridized carbons (Fsp3) is 0.250. The lowest BCUT2D eigenvalue weighted by Gasteiger charge is -2.12. The molecule has 0 amide bonds. The first-order valence-corrected chi connectivity index (χ1v) is 14.2. The Morgan fingerprint density at radius 2 is 1.08 bits per heavy atom. The normalized spacial score (nSPS) is 11.1. The monoisotopic (exact) mass is 514 g/mol. The average molecular weight is 515 g/mol. The summed E-state index contributed by atoms with van der Waals surface area (Å²) in [7, 11) is 2.06. The van der Waals surface area contributed by atoms with E-state index in [4.69, 9.17) is 0 Å². The molecule has 5 rings (SSSR count). The van der Waals surface area contributed by atoms with Crippen LogP contribution in [0.5, 0.6) is 0 Å². The van der Waals surface area contributed by atoms with Gasteiger partial charge in [-0.3, -0.25) is 0 Å². The number of benzene rings is 2. The van der Waals surface area contributed by atoms with E-state index in [2.05, 4.69) is 151 Å². The highest BCUT2D eigenvalue weighted by Crippen LogP contribution is 2.30. The van der Waals surface area contributed by atoms with Crippen molar-refractivity contribution in [3.05, 3.63) is 121 Å². The molecule has 3 aromatic heterocycles. The van der Waals surface area contributed by atoms with Crippen LogP contribution in [0.2, 0.25) is 0 Å². The van der Waals surface area contributed by atoms with Gasteiger partial charge in [0, 0.05) is 41.8 Å². The van der Waals surface area contributed by atoms with E-state index in [1.54, 1.807) is 0 Å².